The topological polar surface area (TPSA) is 29.5 Å². The van der Waals surface area contributed by atoms with Gasteiger partial charge in [0.05, 0.1) is 7.11 Å². The smallest absolute Gasteiger partial charge is 0.165 e. The van der Waals surface area contributed by atoms with Crippen LogP contribution in [0.25, 0.3) is 0 Å². The maximum atomic E-state index is 13.3. The van der Waals surface area contributed by atoms with E-state index < -0.39 is 0 Å². The third-order valence-corrected chi connectivity index (χ3v) is 3.59. The van der Waals surface area contributed by atoms with E-state index in [2.05, 4.69) is 6.92 Å². The first-order valence-electron chi connectivity index (χ1n) is 5.22. The lowest BCUT2D eigenvalue weighted by atomic mass is 10.2. The Balaban J connectivity index is 2.51. The van der Waals surface area contributed by atoms with Gasteiger partial charge in [0.2, 0.25) is 0 Å². The number of aliphatic hydroxyl groups excluding tert-OH is 1. The van der Waals surface area contributed by atoms with Crippen LogP contribution in [0.1, 0.15) is 18.9 Å². The van der Waals surface area contributed by atoms with Crippen molar-refractivity contribution >= 4 is 11.8 Å². The first-order chi connectivity index (χ1) is 7.67. The molecule has 4 heteroatoms. The van der Waals surface area contributed by atoms with E-state index in [0.29, 0.717) is 5.25 Å². The fourth-order valence-electron chi connectivity index (χ4n) is 1.30. The average Bonchev–Trinajstić information content (AvgIpc) is 2.27. The summed E-state index contributed by atoms with van der Waals surface area (Å²) in [5, 5.41) is 9.14. The van der Waals surface area contributed by atoms with Gasteiger partial charge in [0.25, 0.3) is 0 Å². The molecule has 0 amide bonds. The molecule has 2 nitrogen and oxygen atoms in total. The summed E-state index contributed by atoms with van der Waals surface area (Å²) in [7, 11) is 1.45. The van der Waals surface area contributed by atoms with Crippen molar-refractivity contribution in [2.24, 2.45) is 0 Å². The largest absolute Gasteiger partial charge is 0.494 e. The molecule has 1 N–H and O–H groups in total. The summed E-state index contributed by atoms with van der Waals surface area (Å²) in [4.78, 5) is 0. The molecule has 0 aliphatic heterocycles. The maximum absolute atomic E-state index is 13.3. The second-order valence-electron chi connectivity index (χ2n) is 3.60. The van der Waals surface area contributed by atoms with Crippen molar-refractivity contribution in [3.05, 3.63) is 29.6 Å². The van der Waals surface area contributed by atoms with Crippen LogP contribution in [0.4, 0.5) is 4.39 Å². The summed E-state index contributed by atoms with van der Waals surface area (Å²) in [5.41, 5.74) is 0.938. The normalized spacial score (nSPS) is 12.5. The number of thioether (sulfide) groups is 1. The molecule has 0 bridgehead atoms. The monoisotopic (exact) mass is 244 g/mol. The molecule has 0 radical (unpaired) electrons. The first kappa shape index (κ1) is 13.3. The van der Waals surface area contributed by atoms with Gasteiger partial charge in [-0.25, -0.2) is 4.39 Å². The predicted octanol–water partition coefficient (Wildman–Crippen LogP) is 2.84. The van der Waals surface area contributed by atoms with Gasteiger partial charge in [-0.15, -0.1) is 0 Å². The minimum Gasteiger partial charge on any atom is -0.494 e. The van der Waals surface area contributed by atoms with E-state index in [1.54, 1.807) is 17.8 Å². The van der Waals surface area contributed by atoms with E-state index in [9.17, 15) is 4.39 Å². The summed E-state index contributed by atoms with van der Waals surface area (Å²) >= 11 is 1.71. The highest BCUT2D eigenvalue weighted by atomic mass is 32.2. The Morgan fingerprint density at radius 2 is 2.25 bits per heavy atom. The number of hydrogen-bond acceptors (Lipinski definition) is 3. The van der Waals surface area contributed by atoms with Gasteiger partial charge in [0.15, 0.2) is 11.6 Å². The highest BCUT2D eigenvalue weighted by Crippen LogP contribution is 2.23. The molecule has 0 fully saturated rings. The summed E-state index contributed by atoms with van der Waals surface area (Å²) < 4.78 is 18.2. The number of rotatable bonds is 6. The van der Waals surface area contributed by atoms with E-state index in [-0.39, 0.29) is 18.2 Å². The molecule has 90 valence electrons. The zero-order chi connectivity index (χ0) is 12.0. The molecule has 1 rings (SSSR count). The molecular weight excluding hydrogens is 227 g/mol. The molecule has 16 heavy (non-hydrogen) atoms. The Kier molecular flexibility index (Phi) is 5.63. The zero-order valence-corrected chi connectivity index (χ0v) is 10.4. The van der Waals surface area contributed by atoms with Crippen LogP contribution in [0.15, 0.2) is 18.2 Å². The number of ether oxygens (including phenoxy) is 1. The molecule has 0 saturated carbocycles. The van der Waals surface area contributed by atoms with Gasteiger partial charge in [-0.3, -0.25) is 0 Å². The standard InChI is InChI=1S/C12H17FO2S/c1-9(5-6-14)16-8-10-3-4-12(15-2)11(13)7-10/h3-4,7,9,14H,5-6,8H2,1-2H3. The molecular formula is C12H17FO2S. The minimum atomic E-state index is -0.324. The minimum absolute atomic E-state index is 0.200. The summed E-state index contributed by atoms with van der Waals surface area (Å²) in [6.45, 7) is 2.26. The SMILES string of the molecule is COc1ccc(CSC(C)CCO)cc1F. The number of aliphatic hydroxyl groups is 1. The van der Waals surface area contributed by atoms with Gasteiger partial charge in [-0.2, -0.15) is 11.8 Å². The van der Waals surface area contributed by atoms with E-state index in [0.717, 1.165) is 17.7 Å². The molecule has 0 spiro atoms. The molecule has 1 unspecified atom stereocenters. The van der Waals surface area contributed by atoms with Crippen LogP contribution in [0.5, 0.6) is 5.75 Å². The molecule has 0 saturated heterocycles. The Labute approximate surface area is 99.8 Å². The lowest BCUT2D eigenvalue weighted by molar-refractivity contribution is 0.289. The van der Waals surface area contributed by atoms with Crippen LogP contribution in [0, 0.1) is 5.82 Å². The molecule has 0 aliphatic carbocycles. The van der Waals surface area contributed by atoms with Crippen LogP contribution in [0.2, 0.25) is 0 Å². The van der Waals surface area contributed by atoms with Crippen molar-refractivity contribution in [2.45, 2.75) is 24.3 Å². The number of benzene rings is 1. The van der Waals surface area contributed by atoms with Crippen molar-refractivity contribution in [3.8, 4) is 5.75 Å². The molecule has 0 aliphatic rings. The fraction of sp³-hybridized carbons (Fsp3) is 0.500. The van der Waals surface area contributed by atoms with Crippen molar-refractivity contribution in [1.29, 1.82) is 0 Å². The summed E-state index contributed by atoms with van der Waals surface area (Å²) in [6, 6.07) is 5.00. The maximum Gasteiger partial charge on any atom is 0.165 e. The van der Waals surface area contributed by atoms with Gasteiger partial charge >= 0.3 is 0 Å². The number of halogens is 1. The lowest BCUT2D eigenvalue weighted by Gasteiger charge is -2.10. The average molecular weight is 244 g/mol. The Hall–Kier alpha value is -0.740. The van der Waals surface area contributed by atoms with Crippen LogP contribution in [-0.2, 0) is 5.75 Å². The highest BCUT2D eigenvalue weighted by molar-refractivity contribution is 7.99. The zero-order valence-electron chi connectivity index (χ0n) is 9.57. The first-order valence-corrected chi connectivity index (χ1v) is 6.27. The van der Waals surface area contributed by atoms with Gasteiger partial charge in [-0.1, -0.05) is 13.0 Å². The van der Waals surface area contributed by atoms with Crippen molar-refractivity contribution < 1.29 is 14.2 Å². The molecule has 1 aromatic carbocycles. The fourth-order valence-corrected chi connectivity index (χ4v) is 2.23. The Morgan fingerprint density at radius 1 is 1.50 bits per heavy atom. The summed E-state index contributed by atoms with van der Waals surface area (Å²) in [5.74, 6) is 0.704. The second-order valence-corrected chi connectivity index (χ2v) is 5.03. The third-order valence-electron chi connectivity index (χ3n) is 2.29. The molecule has 1 aromatic rings. The van der Waals surface area contributed by atoms with Crippen LogP contribution in [-0.4, -0.2) is 24.1 Å². The molecule has 0 aromatic heterocycles. The predicted molar refractivity (Wildman–Crippen MR) is 65.4 cm³/mol. The van der Waals surface area contributed by atoms with E-state index in [1.165, 1.54) is 13.2 Å². The highest BCUT2D eigenvalue weighted by Gasteiger charge is 2.06. The Morgan fingerprint density at radius 3 is 2.81 bits per heavy atom. The second kappa shape index (κ2) is 6.76. The van der Waals surface area contributed by atoms with E-state index in [1.807, 2.05) is 6.07 Å². The van der Waals surface area contributed by atoms with Crippen molar-refractivity contribution in [2.75, 3.05) is 13.7 Å². The van der Waals surface area contributed by atoms with Crippen LogP contribution >= 0.6 is 11.8 Å². The van der Waals surface area contributed by atoms with Crippen LogP contribution in [0.3, 0.4) is 0 Å². The van der Waals surface area contributed by atoms with Gasteiger partial charge in [0.1, 0.15) is 0 Å². The van der Waals surface area contributed by atoms with Gasteiger partial charge in [0, 0.05) is 17.6 Å². The Bertz CT molecular complexity index is 331. The molecule has 1 atom stereocenters. The van der Waals surface area contributed by atoms with Crippen molar-refractivity contribution in [3.63, 3.8) is 0 Å². The third kappa shape index (κ3) is 4.02. The number of methoxy groups -OCH3 is 1. The lowest BCUT2D eigenvalue weighted by Crippen LogP contribution is -2.00. The van der Waals surface area contributed by atoms with E-state index in [4.69, 9.17) is 9.84 Å². The van der Waals surface area contributed by atoms with Crippen molar-refractivity contribution in [1.82, 2.24) is 0 Å². The van der Waals surface area contributed by atoms with Crippen LogP contribution < -0.4 is 4.74 Å². The summed E-state index contributed by atoms with van der Waals surface area (Å²) in [6.07, 6.45) is 0.767. The quantitative estimate of drug-likeness (QED) is 0.834. The molecule has 0 heterocycles. The van der Waals surface area contributed by atoms with E-state index >= 15 is 0 Å². The number of hydrogen-bond donors (Lipinski definition) is 1. The van der Waals surface area contributed by atoms with Gasteiger partial charge < -0.3 is 9.84 Å². The van der Waals surface area contributed by atoms with Gasteiger partial charge in [-0.05, 0) is 24.1 Å².